The van der Waals surface area contributed by atoms with Crippen LogP contribution < -0.4 is 0 Å². The van der Waals surface area contributed by atoms with Gasteiger partial charge in [-0.3, -0.25) is 4.68 Å². The minimum absolute atomic E-state index is 0.375. The number of halogens is 2. The van der Waals surface area contributed by atoms with E-state index in [0.717, 1.165) is 11.4 Å². The molecule has 0 radical (unpaired) electrons. The summed E-state index contributed by atoms with van der Waals surface area (Å²) in [5, 5.41) is 15.4. The second-order valence-corrected chi connectivity index (χ2v) is 5.76. The average Bonchev–Trinajstić information content (AvgIpc) is 2.79. The zero-order chi connectivity index (χ0) is 12.6. The van der Waals surface area contributed by atoms with E-state index >= 15 is 0 Å². The summed E-state index contributed by atoms with van der Waals surface area (Å²) < 4.78 is 2.24. The van der Waals surface area contributed by atoms with Gasteiger partial charge in [-0.15, -0.1) is 11.3 Å². The van der Waals surface area contributed by atoms with Crippen molar-refractivity contribution in [2.75, 3.05) is 0 Å². The van der Waals surface area contributed by atoms with Crippen molar-refractivity contribution in [1.29, 1.82) is 0 Å². The lowest BCUT2D eigenvalue weighted by atomic mass is 10.2. The Balaban J connectivity index is 2.21. The van der Waals surface area contributed by atoms with Gasteiger partial charge in [0.1, 0.15) is 15.4 Å². The van der Waals surface area contributed by atoms with Gasteiger partial charge in [-0.05, 0) is 6.92 Å². The average molecular weight is 292 g/mol. The summed E-state index contributed by atoms with van der Waals surface area (Å²) >= 11 is 13.2. The topological polar surface area (TPSA) is 50.9 Å². The normalized spacial score (nSPS) is 13.0. The van der Waals surface area contributed by atoms with E-state index < -0.39 is 6.10 Å². The van der Waals surface area contributed by atoms with Crippen molar-refractivity contribution in [2.24, 2.45) is 7.05 Å². The number of aryl methyl sites for hydroxylation is 2. The monoisotopic (exact) mass is 291 g/mol. The van der Waals surface area contributed by atoms with Gasteiger partial charge in [-0.1, -0.05) is 23.2 Å². The van der Waals surface area contributed by atoms with Gasteiger partial charge in [0, 0.05) is 13.5 Å². The fraction of sp³-hybridized carbons (Fsp3) is 0.400. The van der Waals surface area contributed by atoms with Crippen LogP contribution in [-0.2, 0) is 13.5 Å². The third-order valence-electron chi connectivity index (χ3n) is 2.43. The molecule has 0 aliphatic rings. The maximum atomic E-state index is 10.0. The van der Waals surface area contributed by atoms with Crippen LogP contribution in [0.15, 0.2) is 6.20 Å². The molecule has 0 bridgehead atoms. The summed E-state index contributed by atoms with van der Waals surface area (Å²) in [4.78, 5) is 4.04. The van der Waals surface area contributed by atoms with Crippen LogP contribution in [0.1, 0.15) is 22.5 Å². The third-order valence-corrected chi connectivity index (χ3v) is 4.14. The summed E-state index contributed by atoms with van der Waals surface area (Å²) in [5.41, 5.74) is 1.55. The van der Waals surface area contributed by atoms with Crippen LogP contribution in [0.25, 0.3) is 0 Å². The number of rotatable bonds is 3. The molecular weight excluding hydrogens is 281 g/mol. The van der Waals surface area contributed by atoms with Crippen LogP contribution in [0, 0.1) is 6.92 Å². The van der Waals surface area contributed by atoms with Gasteiger partial charge in [-0.25, -0.2) is 4.98 Å². The lowest BCUT2D eigenvalue weighted by Crippen LogP contribution is -2.06. The molecule has 0 saturated carbocycles. The smallest absolute Gasteiger partial charge is 0.123 e. The van der Waals surface area contributed by atoms with Crippen LogP contribution in [0.3, 0.4) is 0 Å². The number of nitrogens with zero attached hydrogens (tertiary/aromatic N) is 3. The summed E-state index contributed by atoms with van der Waals surface area (Å²) in [6, 6.07) is 0. The molecule has 2 aromatic heterocycles. The maximum absolute atomic E-state index is 10.0. The SMILES string of the molecule is Cc1nn(C)c(CC(O)c2ncc(Cl)s2)c1Cl. The molecule has 0 fully saturated rings. The highest BCUT2D eigenvalue weighted by atomic mass is 35.5. The Morgan fingerprint density at radius 2 is 2.24 bits per heavy atom. The number of thiazole rings is 1. The zero-order valence-electron chi connectivity index (χ0n) is 9.31. The molecule has 2 rings (SSSR count). The van der Waals surface area contributed by atoms with Crippen molar-refractivity contribution in [3.63, 3.8) is 0 Å². The molecule has 1 unspecified atom stereocenters. The molecule has 17 heavy (non-hydrogen) atoms. The number of aromatic nitrogens is 3. The van der Waals surface area contributed by atoms with Crippen molar-refractivity contribution in [3.8, 4) is 0 Å². The van der Waals surface area contributed by atoms with Gasteiger partial charge in [0.25, 0.3) is 0 Å². The highest BCUT2D eigenvalue weighted by Gasteiger charge is 2.18. The van der Waals surface area contributed by atoms with Crippen LogP contribution in [0.4, 0.5) is 0 Å². The van der Waals surface area contributed by atoms with E-state index in [1.165, 1.54) is 17.5 Å². The Labute approximate surface area is 113 Å². The van der Waals surface area contributed by atoms with Gasteiger partial charge >= 0.3 is 0 Å². The van der Waals surface area contributed by atoms with Crippen molar-refractivity contribution in [1.82, 2.24) is 14.8 Å². The molecule has 2 aromatic rings. The van der Waals surface area contributed by atoms with Crippen LogP contribution in [0.2, 0.25) is 9.36 Å². The van der Waals surface area contributed by atoms with Gasteiger partial charge in [0.2, 0.25) is 0 Å². The fourth-order valence-corrected chi connectivity index (χ4v) is 2.75. The first-order valence-corrected chi connectivity index (χ1v) is 6.53. The fourth-order valence-electron chi connectivity index (χ4n) is 1.59. The molecule has 0 spiro atoms. The Morgan fingerprint density at radius 1 is 1.53 bits per heavy atom. The molecule has 1 atom stereocenters. The number of aliphatic hydroxyl groups excluding tert-OH is 1. The van der Waals surface area contributed by atoms with Gasteiger partial charge in [0.15, 0.2) is 0 Å². The number of aliphatic hydroxyl groups is 1. The molecule has 0 saturated heterocycles. The van der Waals surface area contributed by atoms with Gasteiger partial charge < -0.3 is 5.11 Å². The summed E-state index contributed by atoms with van der Waals surface area (Å²) in [6.45, 7) is 1.83. The molecule has 0 aliphatic heterocycles. The molecule has 1 N–H and O–H groups in total. The molecule has 0 aliphatic carbocycles. The van der Waals surface area contributed by atoms with Crippen molar-refractivity contribution >= 4 is 34.5 Å². The first-order valence-electron chi connectivity index (χ1n) is 4.96. The van der Waals surface area contributed by atoms with Crippen molar-refractivity contribution in [3.05, 3.63) is 32.0 Å². The highest BCUT2D eigenvalue weighted by molar-refractivity contribution is 7.15. The molecule has 2 heterocycles. The molecule has 92 valence electrons. The van der Waals surface area contributed by atoms with E-state index in [2.05, 4.69) is 10.1 Å². The van der Waals surface area contributed by atoms with E-state index in [4.69, 9.17) is 23.2 Å². The van der Waals surface area contributed by atoms with E-state index in [9.17, 15) is 5.11 Å². The summed E-state index contributed by atoms with van der Waals surface area (Å²) in [6.07, 6.45) is 1.20. The Kier molecular flexibility index (Phi) is 3.73. The van der Waals surface area contributed by atoms with Gasteiger partial charge in [0.05, 0.1) is 22.6 Å². The minimum atomic E-state index is -0.709. The first kappa shape index (κ1) is 12.8. The lowest BCUT2D eigenvalue weighted by molar-refractivity contribution is 0.175. The predicted molar refractivity (Wildman–Crippen MR) is 68.7 cm³/mol. The van der Waals surface area contributed by atoms with E-state index in [-0.39, 0.29) is 0 Å². The number of hydrogen-bond acceptors (Lipinski definition) is 4. The number of hydrogen-bond donors (Lipinski definition) is 1. The molecular formula is C10H11Cl2N3OS. The zero-order valence-corrected chi connectivity index (χ0v) is 11.6. The van der Waals surface area contributed by atoms with E-state index in [1.54, 1.807) is 11.7 Å². The van der Waals surface area contributed by atoms with E-state index in [1.807, 2.05) is 6.92 Å². The van der Waals surface area contributed by atoms with Crippen LogP contribution in [0.5, 0.6) is 0 Å². The highest BCUT2D eigenvalue weighted by Crippen LogP contribution is 2.29. The molecule has 0 amide bonds. The lowest BCUT2D eigenvalue weighted by Gasteiger charge is -2.08. The molecule has 4 nitrogen and oxygen atoms in total. The maximum Gasteiger partial charge on any atom is 0.123 e. The Hall–Kier alpha value is -0.620. The Bertz CT molecular complexity index is 538. The van der Waals surface area contributed by atoms with E-state index in [0.29, 0.717) is 20.8 Å². The predicted octanol–water partition coefficient (Wildman–Crippen LogP) is 2.77. The molecule has 0 aromatic carbocycles. The molecule has 7 heteroatoms. The largest absolute Gasteiger partial charge is 0.386 e. The summed E-state index contributed by atoms with van der Waals surface area (Å²) in [7, 11) is 1.80. The van der Waals surface area contributed by atoms with Crippen molar-refractivity contribution in [2.45, 2.75) is 19.4 Å². The quantitative estimate of drug-likeness (QED) is 0.946. The van der Waals surface area contributed by atoms with Crippen LogP contribution in [-0.4, -0.2) is 19.9 Å². The third kappa shape index (κ3) is 2.63. The minimum Gasteiger partial charge on any atom is -0.386 e. The second-order valence-electron chi connectivity index (χ2n) is 3.69. The summed E-state index contributed by atoms with van der Waals surface area (Å²) in [5.74, 6) is 0. The standard InChI is InChI=1S/C10H11Cl2N3OS/c1-5-9(12)6(15(2)14-5)3-7(16)10-13-4-8(11)17-10/h4,7,16H,3H2,1-2H3. The van der Waals surface area contributed by atoms with Gasteiger partial charge in [-0.2, -0.15) is 5.10 Å². The van der Waals surface area contributed by atoms with Crippen LogP contribution >= 0.6 is 34.5 Å². The Morgan fingerprint density at radius 3 is 2.71 bits per heavy atom. The second kappa shape index (κ2) is 4.94. The first-order chi connectivity index (χ1) is 7.99. The van der Waals surface area contributed by atoms with Crippen molar-refractivity contribution < 1.29 is 5.11 Å².